The van der Waals surface area contributed by atoms with E-state index in [-0.39, 0.29) is 12.5 Å². The number of anilines is 1. The van der Waals surface area contributed by atoms with E-state index in [0.717, 1.165) is 36.3 Å². The Morgan fingerprint density at radius 3 is 2.84 bits per heavy atom. The highest BCUT2D eigenvalue weighted by molar-refractivity contribution is 7.13. The van der Waals surface area contributed by atoms with Crippen LogP contribution in [0.1, 0.15) is 31.5 Å². The van der Waals surface area contributed by atoms with Gasteiger partial charge in [0, 0.05) is 42.5 Å². The SMILES string of the molecule is Cc1cc(=O)oc2cc(OCC(=O)Nc3nc(CN4CC(C)CC(C)C4)cs3)ccc12. The molecule has 164 valence electrons. The fourth-order valence-electron chi connectivity index (χ4n) is 4.29. The van der Waals surface area contributed by atoms with Crippen LogP contribution in [0.3, 0.4) is 0 Å². The minimum atomic E-state index is -0.409. The first-order chi connectivity index (χ1) is 14.9. The van der Waals surface area contributed by atoms with Gasteiger partial charge in [-0.3, -0.25) is 15.0 Å². The molecule has 1 aromatic carbocycles. The van der Waals surface area contributed by atoms with Gasteiger partial charge in [0.05, 0.1) is 5.69 Å². The molecular formula is C23H27N3O4S. The second-order valence-electron chi connectivity index (χ2n) is 8.53. The molecule has 1 aliphatic rings. The number of nitrogens with zero attached hydrogens (tertiary/aromatic N) is 2. The average molecular weight is 442 g/mol. The van der Waals surface area contributed by atoms with Crippen molar-refractivity contribution in [2.45, 2.75) is 33.7 Å². The lowest BCUT2D eigenvalue weighted by Crippen LogP contribution is -2.38. The van der Waals surface area contributed by atoms with E-state index in [1.807, 2.05) is 18.4 Å². The number of piperidine rings is 1. The van der Waals surface area contributed by atoms with Crippen LogP contribution in [0.4, 0.5) is 5.13 Å². The number of rotatable bonds is 6. The number of carbonyl (C=O) groups excluding carboxylic acids is 1. The molecule has 1 amide bonds. The van der Waals surface area contributed by atoms with E-state index in [1.54, 1.807) is 12.1 Å². The Hall–Kier alpha value is -2.71. The molecule has 3 heterocycles. The first-order valence-corrected chi connectivity index (χ1v) is 11.4. The summed E-state index contributed by atoms with van der Waals surface area (Å²) in [4.78, 5) is 30.8. The molecule has 2 aromatic heterocycles. The number of nitrogens with one attached hydrogen (secondary N) is 1. The van der Waals surface area contributed by atoms with Crippen LogP contribution in [0.2, 0.25) is 0 Å². The number of aryl methyl sites for hydroxylation is 1. The number of carbonyl (C=O) groups is 1. The van der Waals surface area contributed by atoms with Crippen LogP contribution in [0.25, 0.3) is 11.0 Å². The maximum atomic E-state index is 12.3. The highest BCUT2D eigenvalue weighted by Crippen LogP contribution is 2.24. The second kappa shape index (κ2) is 9.20. The molecule has 1 saturated heterocycles. The summed E-state index contributed by atoms with van der Waals surface area (Å²) in [7, 11) is 0. The number of benzene rings is 1. The highest BCUT2D eigenvalue weighted by atomic mass is 32.1. The van der Waals surface area contributed by atoms with Gasteiger partial charge >= 0.3 is 5.63 Å². The third-order valence-electron chi connectivity index (χ3n) is 5.42. The van der Waals surface area contributed by atoms with Gasteiger partial charge in [0.15, 0.2) is 11.7 Å². The summed E-state index contributed by atoms with van der Waals surface area (Å²) >= 11 is 1.42. The van der Waals surface area contributed by atoms with E-state index in [1.165, 1.54) is 23.8 Å². The quantitative estimate of drug-likeness (QED) is 0.581. The van der Waals surface area contributed by atoms with Gasteiger partial charge in [-0.2, -0.15) is 0 Å². The van der Waals surface area contributed by atoms with Crippen molar-refractivity contribution in [3.8, 4) is 5.75 Å². The zero-order valence-corrected chi connectivity index (χ0v) is 18.8. The molecule has 1 aliphatic heterocycles. The molecule has 0 spiro atoms. The van der Waals surface area contributed by atoms with Crippen molar-refractivity contribution in [2.75, 3.05) is 25.0 Å². The first kappa shape index (κ1) is 21.5. The predicted molar refractivity (Wildman–Crippen MR) is 122 cm³/mol. The van der Waals surface area contributed by atoms with E-state index in [9.17, 15) is 9.59 Å². The Morgan fingerprint density at radius 2 is 2.06 bits per heavy atom. The Bertz CT molecular complexity index is 1130. The summed E-state index contributed by atoms with van der Waals surface area (Å²) in [6, 6.07) is 6.64. The van der Waals surface area contributed by atoms with Gasteiger partial charge in [-0.15, -0.1) is 11.3 Å². The van der Waals surface area contributed by atoms with E-state index in [2.05, 4.69) is 29.0 Å². The first-order valence-electron chi connectivity index (χ1n) is 10.5. The topological polar surface area (TPSA) is 84.7 Å². The van der Waals surface area contributed by atoms with Crippen LogP contribution in [-0.2, 0) is 11.3 Å². The number of hydrogen-bond donors (Lipinski definition) is 1. The lowest BCUT2D eigenvalue weighted by molar-refractivity contribution is -0.118. The summed E-state index contributed by atoms with van der Waals surface area (Å²) in [5.41, 5.74) is 1.84. The molecule has 31 heavy (non-hydrogen) atoms. The van der Waals surface area contributed by atoms with Gasteiger partial charge in [-0.05, 0) is 42.9 Å². The van der Waals surface area contributed by atoms with Crippen LogP contribution < -0.4 is 15.7 Å². The molecule has 4 rings (SSSR count). The molecule has 0 bridgehead atoms. The van der Waals surface area contributed by atoms with Gasteiger partial charge < -0.3 is 9.15 Å². The van der Waals surface area contributed by atoms with Crippen LogP contribution in [-0.4, -0.2) is 35.5 Å². The monoisotopic (exact) mass is 441 g/mol. The second-order valence-corrected chi connectivity index (χ2v) is 9.39. The minimum absolute atomic E-state index is 0.155. The molecule has 3 aromatic rings. The van der Waals surface area contributed by atoms with Gasteiger partial charge in [0.25, 0.3) is 5.91 Å². The number of fused-ring (bicyclic) bond motifs is 1. The van der Waals surface area contributed by atoms with Crippen molar-refractivity contribution in [3.05, 3.63) is 51.3 Å². The molecule has 2 atom stereocenters. The molecule has 1 N–H and O–H groups in total. The fraction of sp³-hybridized carbons (Fsp3) is 0.435. The van der Waals surface area contributed by atoms with Crippen LogP contribution >= 0.6 is 11.3 Å². The van der Waals surface area contributed by atoms with Crippen LogP contribution in [0, 0.1) is 18.8 Å². The maximum Gasteiger partial charge on any atom is 0.336 e. The zero-order valence-electron chi connectivity index (χ0n) is 18.0. The van der Waals surface area contributed by atoms with Crippen molar-refractivity contribution in [3.63, 3.8) is 0 Å². The number of thiazole rings is 1. The lowest BCUT2D eigenvalue weighted by atomic mass is 9.92. The molecule has 0 saturated carbocycles. The molecule has 2 unspecified atom stereocenters. The Labute approximate surface area is 185 Å². The fourth-order valence-corrected chi connectivity index (χ4v) is 5.00. The third kappa shape index (κ3) is 5.51. The van der Waals surface area contributed by atoms with Gasteiger partial charge in [0.2, 0.25) is 0 Å². The molecular weight excluding hydrogens is 414 g/mol. The predicted octanol–water partition coefficient (Wildman–Crippen LogP) is 4.05. The van der Waals surface area contributed by atoms with Gasteiger partial charge in [-0.1, -0.05) is 13.8 Å². The van der Waals surface area contributed by atoms with Crippen molar-refractivity contribution >= 4 is 33.3 Å². The molecule has 7 nitrogen and oxygen atoms in total. The number of likely N-dealkylation sites (tertiary alicyclic amines) is 1. The van der Waals surface area contributed by atoms with Crippen molar-refractivity contribution < 1.29 is 13.9 Å². The molecule has 0 aliphatic carbocycles. The zero-order chi connectivity index (χ0) is 22.0. The number of aromatic nitrogens is 1. The summed E-state index contributed by atoms with van der Waals surface area (Å²) in [6.07, 6.45) is 1.28. The lowest BCUT2D eigenvalue weighted by Gasteiger charge is -2.34. The summed E-state index contributed by atoms with van der Waals surface area (Å²) < 4.78 is 10.8. The summed E-state index contributed by atoms with van der Waals surface area (Å²) in [5, 5.41) is 6.20. The van der Waals surface area contributed by atoms with E-state index in [4.69, 9.17) is 9.15 Å². The molecule has 0 radical (unpaired) electrons. The third-order valence-corrected chi connectivity index (χ3v) is 6.23. The molecule has 8 heteroatoms. The summed E-state index contributed by atoms with van der Waals surface area (Å²) in [6.45, 7) is 9.25. The van der Waals surface area contributed by atoms with E-state index >= 15 is 0 Å². The highest BCUT2D eigenvalue weighted by Gasteiger charge is 2.22. The van der Waals surface area contributed by atoms with Gasteiger partial charge in [-0.25, -0.2) is 9.78 Å². The number of hydrogen-bond acceptors (Lipinski definition) is 7. The van der Waals surface area contributed by atoms with Crippen molar-refractivity contribution in [1.29, 1.82) is 0 Å². The Morgan fingerprint density at radius 1 is 1.29 bits per heavy atom. The largest absolute Gasteiger partial charge is 0.484 e. The number of amides is 1. The Balaban J connectivity index is 1.31. The van der Waals surface area contributed by atoms with E-state index in [0.29, 0.717) is 28.3 Å². The maximum absolute atomic E-state index is 12.3. The average Bonchev–Trinajstić information content (AvgIpc) is 3.11. The van der Waals surface area contributed by atoms with Crippen LogP contribution in [0.5, 0.6) is 5.75 Å². The standard InChI is InChI=1S/C23H27N3O4S/c1-14-6-15(2)10-26(9-14)11-17-13-31-23(24-17)25-21(27)12-29-18-4-5-19-16(3)7-22(28)30-20(19)8-18/h4-5,7-8,13-15H,6,9-12H2,1-3H3,(H,24,25,27). The van der Waals surface area contributed by atoms with Gasteiger partial charge in [0.1, 0.15) is 11.3 Å². The smallest absolute Gasteiger partial charge is 0.336 e. The van der Waals surface area contributed by atoms with Crippen molar-refractivity contribution in [1.82, 2.24) is 9.88 Å². The minimum Gasteiger partial charge on any atom is -0.484 e. The Kier molecular flexibility index (Phi) is 6.38. The van der Waals surface area contributed by atoms with E-state index < -0.39 is 5.63 Å². The summed E-state index contributed by atoms with van der Waals surface area (Å²) in [5.74, 6) is 1.58. The van der Waals surface area contributed by atoms with Crippen LogP contribution in [0.15, 0.2) is 38.9 Å². The van der Waals surface area contributed by atoms with Crippen molar-refractivity contribution in [2.24, 2.45) is 11.8 Å². The molecule has 1 fully saturated rings. The normalized spacial score (nSPS) is 19.5. The number of ether oxygens (including phenoxy) is 1.